The minimum atomic E-state index is -0.975. The summed E-state index contributed by atoms with van der Waals surface area (Å²) in [5.41, 5.74) is 1.09. The summed E-state index contributed by atoms with van der Waals surface area (Å²) < 4.78 is 0. The van der Waals surface area contributed by atoms with E-state index in [0.717, 1.165) is 5.56 Å². The zero-order valence-corrected chi connectivity index (χ0v) is 12.1. The number of carbonyl (C=O) groups is 2. The summed E-state index contributed by atoms with van der Waals surface area (Å²) in [5.74, 6) is -1.09. The highest BCUT2D eigenvalue weighted by Crippen LogP contribution is 2.05. The Kier molecular flexibility index (Phi) is 6.73. The molecule has 0 fully saturated rings. The van der Waals surface area contributed by atoms with Gasteiger partial charge in [-0.1, -0.05) is 30.3 Å². The number of amides is 1. The van der Waals surface area contributed by atoms with Crippen LogP contribution in [-0.4, -0.2) is 60.5 Å². The third-order valence-corrected chi connectivity index (χ3v) is 2.97. The molecule has 1 amide bonds. The fourth-order valence-corrected chi connectivity index (χ4v) is 1.83. The van der Waals surface area contributed by atoms with E-state index in [9.17, 15) is 9.59 Å². The molecule has 1 aromatic rings. The van der Waals surface area contributed by atoms with Gasteiger partial charge in [0.25, 0.3) is 0 Å². The van der Waals surface area contributed by atoms with Crippen molar-refractivity contribution in [3.8, 4) is 0 Å². The lowest BCUT2D eigenvalue weighted by atomic mass is 10.1. The highest BCUT2D eigenvalue weighted by atomic mass is 16.4. The Labute approximate surface area is 119 Å². The van der Waals surface area contributed by atoms with Gasteiger partial charge in [-0.25, -0.2) is 0 Å². The Morgan fingerprint density at radius 3 is 2.30 bits per heavy atom. The minimum absolute atomic E-state index is 0.113. The lowest BCUT2D eigenvalue weighted by Crippen LogP contribution is -2.40. The molecule has 1 rings (SSSR count). The van der Waals surface area contributed by atoms with Crippen LogP contribution in [0.3, 0.4) is 0 Å². The van der Waals surface area contributed by atoms with E-state index in [4.69, 9.17) is 5.11 Å². The maximum atomic E-state index is 12.1. The van der Waals surface area contributed by atoms with Crippen molar-refractivity contribution in [3.63, 3.8) is 0 Å². The number of likely N-dealkylation sites (N-methyl/N-ethyl adjacent to an activating group) is 1. The summed E-state index contributed by atoms with van der Waals surface area (Å²) in [6.45, 7) is 0.860. The van der Waals surface area contributed by atoms with Crippen LogP contribution in [0.5, 0.6) is 0 Å². The number of nitrogens with zero attached hydrogens (tertiary/aromatic N) is 2. The van der Waals surface area contributed by atoms with Gasteiger partial charge in [-0.15, -0.1) is 0 Å². The summed E-state index contributed by atoms with van der Waals surface area (Å²) in [6.07, 6.45) is 0.975. The van der Waals surface area contributed by atoms with E-state index in [0.29, 0.717) is 25.9 Å². The van der Waals surface area contributed by atoms with Crippen LogP contribution < -0.4 is 0 Å². The van der Waals surface area contributed by atoms with Crippen LogP contribution in [0.15, 0.2) is 30.3 Å². The Bertz CT molecular complexity index is 432. The van der Waals surface area contributed by atoms with Crippen LogP contribution in [0.1, 0.15) is 12.0 Å². The summed E-state index contributed by atoms with van der Waals surface area (Å²) in [7, 11) is 3.79. The van der Waals surface area contributed by atoms with Crippen LogP contribution in [0.4, 0.5) is 0 Å². The van der Waals surface area contributed by atoms with E-state index in [1.807, 2.05) is 49.3 Å². The molecule has 0 atom stereocenters. The van der Waals surface area contributed by atoms with E-state index >= 15 is 0 Å². The van der Waals surface area contributed by atoms with Gasteiger partial charge in [-0.3, -0.25) is 9.59 Å². The van der Waals surface area contributed by atoms with Crippen molar-refractivity contribution >= 4 is 11.9 Å². The SMILES string of the molecule is CN(C)CCN(CC(=O)O)C(=O)CCc1ccccc1. The van der Waals surface area contributed by atoms with E-state index in [1.165, 1.54) is 4.90 Å². The van der Waals surface area contributed by atoms with Gasteiger partial charge in [0.1, 0.15) is 6.54 Å². The molecule has 0 bridgehead atoms. The van der Waals surface area contributed by atoms with Gasteiger partial charge in [0.2, 0.25) is 5.91 Å². The fourth-order valence-electron chi connectivity index (χ4n) is 1.83. The Hall–Kier alpha value is -1.88. The zero-order chi connectivity index (χ0) is 15.0. The molecule has 0 aliphatic carbocycles. The molecule has 20 heavy (non-hydrogen) atoms. The van der Waals surface area contributed by atoms with Crippen LogP contribution in [0.25, 0.3) is 0 Å². The molecule has 0 aliphatic heterocycles. The normalized spacial score (nSPS) is 10.6. The molecule has 0 aromatic heterocycles. The van der Waals surface area contributed by atoms with E-state index in [1.54, 1.807) is 0 Å². The molecule has 0 unspecified atom stereocenters. The molecule has 5 heteroatoms. The first-order chi connectivity index (χ1) is 9.49. The highest BCUT2D eigenvalue weighted by Gasteiger charge is 2.16. The smallest absolute Gasteiger partial charge is 0.323 e. The second-order valence-corrected chi connectivity index (χ2v) is 5.00. The molecular formula is C15H22N2O3. The predicted molar refractivity (Wildman–Crippen MR) is 77.5 cm³/mol. The number of rotatable bonds is 8. The van der Waals surface area contributed by atoms with E-state index in [2.05, 4.69) is 0 Å². The van der Waals surface area contributed by atoms with Gasteiger partial charge in [-0.2, -0.15) is 0 Å². The summed E-state index contributed by atoms with van der Waals surface area (Å²) >= 11 is 0. The monoisotopic (exact) mass is 278 g/mol. The van der Waals surface area contributed by atoms with Crippen molar-refractivity contribution in [2.24, 2.45) is 0 Å². The lowest BCUT2D eigenvalue weighted by Gasteiger charge is -2.22. The Morgan fingerprint density at radius 2 is 1.75 bits per heavy atom. The number of aliphatic carboxylic acids is 1. The van der Waals surface area contributed by atoms with Crippen molar-refractivity contribution < 1.29 is 14.7 Å². The van der Waals surface area contributed by atoms with Crippen LogP contribution in [0, 0.1) is 0 Å². The zero-order valence-electron chi connectivity index (χ0n) is 12.1. The molecular weight excluding hydrogens is 256 g/mol. The van der Waals surface area contributed by atoms with Gasteiger partial charge >= 0.3 is 5.97 Å². The second kappa shape index (κ2) is 8.32. The van der Waals surface area contributed by atoms with E-state index in [-0.39, 0.29) is 12.5 Å². The van der Waals surface area contributed by atoms with Crippen LogP contribution in [-0.2, 0) is 16.0 Å². The lowest BCUT2D eigenvalue weighted by molar-refractivity contribution is -0.144. The first kappa shape index (κ1) is 16.2. The maximum absolute atomic E-state index is 12.1. The average Bonchev–Trinajstić information content (AvgIpc) is 2.41. The predicted octanol–water partition coefficient (Wildman–Crippen LogP) is 1.09. The molecule has 0 saturated carbocycles. The average molecular weight is 278 g/mol. The first-order valence-corrected chi connectivity index (χ1v) is 6.67. The minimum Gasteiger partial charge on any atom is -0.480 e. The van der Waals surface area contributed by atoms with Crippen LogP contribution in [0.2, 0.25) is 0 Å². The Morgan fingerprint density at radius 1 is 1.10 bits per heavy atom. The molecule has 0 radical (unpaired) electrons. The number of carboxylic acids is 1. The van der Waals surface area contributed by atoms with Crippen molar-refractivity contribution in [1.29, 1.82) is 0 Å². The van der Waals surface area contributed by atoms with Crippen molar-refractivity contribution in [1.82, 2.24) is 9.80 Å². The largest absolute Gasteiger partial charge is 0.480 e. The standard InChI is InChI=1S/C15H22N2O3/c1-16(2)10-11-17(12-15(19)20)14(18)9-8-13-6-4-3-5-7-13/h3-7H,8-12H2,1-2H3,(H,19,20). The number of hydrogen-bond acceptors (Lipinski definition) is 3. The van der Waals surface area contributed by atoms with Gasteiger partial charge in [0.15, 0.2) is 0 Å². The molecule has 0 heterocycles. The van der Waals surface area contributed by atoms with Gasteiger partial charge in [0, 0.05) is 19.5 Å². The maximum Gasteiger partial charge on any atom is 0.323 e. The van der Waals surface area contributed by atoms with Gasteiger partial charge < -0.3 is 14.9 Å². The van der Waals surface area contributed by atoms with Crippen molar-refractivity contribution in [3.05, 3.63) is 35.9 Å². The van der Waals surface area contributed by atoms with Crippen molar-refractivity contribution in [2.45, 2.75) is 12.8 Å². The Balaban J connectivity index is 2.51. The number of hydrogen-bond donors (Lipinski definition) is 1. The number of carboxylic acid groups (broad SMARTS) is 1. The fraction of sp³-hybridized carbons (Fsp3) is 0.467. The number of aryl methyl sites for hydroxylation is 1. The summed E-state index contributed by atoms with van der Waals surface area (Å²) in [4.78, 5) is 26.3. The third kappa shape index (κ3) is 6.33. The highest BCUT2D eigenvalue weighted by molar-refractivity contribution is 5.81. The molecule has 0 aliphatic rings. The molecule has 0 spiro atoms. The molecule has 1 aromatic carbocycles. The van der Waals surface area contributed by atoms with Gasteiger partial charge in [-0.05, 0) is 26.1 Å². The quantitative estimate of drug-likeness (QED) is 0.773. The molecule has 5 nitrogen and oxygen atoms in total. The van der Waals surface area contributed by atoms with E-state index < -0.39 is 5.97 Å². The first-order valence-electron chi connectivity index (χ1n) is 6.67. The molecule has 110 valence electrons. The second-order valence-electron chi connectivity index (χ2n) is 5.00. The summed E-state index contributed by atoms with van der Waals surface area (Å²) in [5, 5.41) is 8.88. The molecule has 0 saturated heterocycles. The number of carbonyl (C=O) groups excluding carboxylic acids is 1. The number of benzene rings is 1. The van der Waals surface area contributed by atoms with Crippen LogP contribution >= 0.6 is 0 Å². The topological polar surface area (TPSA) is 60.9 Å². The van der Waals surface area contributed by atoms with Gasteiger partial charge in [0.05, 0.1) is 0 Å². The third-order valence-electron chi connectivity index (χ3n) is 2.97. The molecule has 1 N–H and O–H groups in total. The summed E-state index contributed by atoms with van der Waals surface area (Å²) in [6, 6.07) is 9.73. The van der Waals surface area contributed by atoms with Crippen molar-refractivity contribution in [2.75, 3.05) is 33.7 Å².